The molecule has 7 heteroatoms. The lowest BCUT2D eigenvalue weighted by atomic mass is 9.88. The van der Waals surface area contributed by atoms with Crippen LogP contribution in [0.15, 0.2) is 188 Å². The van der Waals surface area contributed by atoms with E-state index in [0.29, 0.717) is 16.9 Å². The summed E-state index contributed by atoms with van der Waals surface area (Å²) in [6, 6.07) is 70.0. The van der Waals surface area contributed by atoms with E-state index < -0.39 is 0 Å². The molecule has 0 N–H and O–H groups in total. The smallest absolute Gasteiger partial charge is 0.221 e. The molecule has 70 heavy (non-hydrogen) atoms. The Labute approximate surface area is 412 Å². The first kappa shape index (κ1) is 39.4. The molecule has 324 valence electrons. The van der Waals surface area contributed by atoms with Crippen molar-refractivity contribution >= 4 is 144 Å². The zero-order chi connectivity index (χ0) is 46.4. The Bertz CT molecular complexity index is 4650. The molecule has 10 aromatic carbocycles. The second-order valence-electron chi connectivity index (χ2n) is 18.1. The van der Waals surface area contributed by atoms with Gasteiger partial charge in [-0.25, -0.2) is 4.85 Å². The van der Waals surface area contributed by atoms with Crippen LogP contribution in [0.2, 0.25) is 0 Å². The number of hydrogen-bond donors (Lipinski definition) is 0. The summed E-state index contributed by atoms with van der Waals surface area (Å²) < 4.78 is 11.8. The van der Waals surface area contributed by atoms with Gasteiger partial charge in [0, 0.05) is 79.1 Å². The van der Waals surface area contributed by atoms with Crippen molar-refractivity contribution in [1.82, 2.24) is 9.13 Å². The summed E-state index contributed by atoms with van der Waals surface area (Å²) in [7, 11) is 0. The highest BCUT2D eigenvalue weighted by Gasteiger charge is 2.33. The van der Waals surface area contributed by atoms with Gasteiger partial charge in [-0.1, -0.05) is 164 Å². The summed E-state index contributed by atoms with van der Waals surface area (Å²) in [5, 5.41) is 23.8. The van der Waals surface area contributed by atoms with Gasteiger partial charge >= 0.3 is 0 Å². The van der Waals surface area contributed by atoms with Gasteiger partial charge in [-0.3, -0.25) is 0 Å². The van der Waals surface area contributed by atoms with E-state index in [2.05, 4.69) is 198 Å². The molecule has 15 aromatic rings. The Kier molecular flexibility index (Phi) is 8.29. The normalized spacial score (nSPS) is 12.0. The fourth-order valence-corrected chi connectivity index (χ4v) is 15.2. The third kappa shape index (κ3) is 5.26. The van der Waals surface area contributed by atoms with E-state index in [0.717, 1.165) is 87.2 Å². The fraction of sp³-hybridized carbons (Fsp3) is 0.0159. The summed E-state index contributed by atoms with van der Waals surface area (Å²) in [4.78, 5) is 4.70. The Morgan fingerprint density at radius 3 is 1.33 bits per heavy atom. The van der Waals surface area contributed by atoms with Crippen LogP contribution in [0.3, 0.4) is 0 Å². The maximum absolute atomic E-state index is 12.3. The van der Waals surface area contributed by atoms with E-state index in [9.17, 15) is 11.8 Å². The topological polar surface area (TPSA) is 38.0 Å². The molecule has 5 heterocycles. The molecule has 0 saturated heterocycles. The van der Waals surface area contributed by atoms with Gasteiger partial charge in [0.25, 0.3) is 0 Å². The van der Waals surface area contributed by atoms with Crippen molar-refractivity contribution < 1.29 is 0 Å². The van der Waals surface area contributed by atoms with E-state index in [1.54, 1.807) is 11.3 Å². The van der Waals surface area contributed by atoms with E-state index >= 15 is 0 Å². The summed E-state index contributed by atoms with van der Waals surface area (Å²) in [6.07, 6.45) is 0. The molecule has 5 aromatic heterocycles. The quantitative estimate of drug-likeness (QED) is 0.162. The van der Waals surface area contributed by atoms with Crippen LogP contribution in [0.4, 0.5) is 5.69 Å². The molecule has 0 unspecified atom stereocenters. The molecule has 0 aliphatic rings. The first-order valence-electron chi connectivity index (χ1n) is 23.3. The van der Waals surface area contributed by atoms with Gasteiger partial charge in [-0.15, -0.1) is 34.0 Å². The third-order valence-corrected chi connectivity index (χ3v) is 18.0. The Morgan fingerprint density at radius 1 is 0.429 bits per heavy atom. The predicted octanol–water partition coefficient (Wildman–Crippen LogP) is 19.0. The summed E-state index contributed by atoms with van der Waals surface area (Å²) in [5.74, 6) is 0. The van der Waals surface area contributed by atoms with Crippen molar-refractivity contribution in [1.29, 1.82) is 5.26 Å². The predicted molar refractivity (Wildman–Crippen MR) is 300 cm³/mol. The molecular weight excluding hydrogens is 909 g/mol. The van der Waals surface area contributed by atoms with Crippen molar-refractivity contribution in [3.8, 4) is 39.7 Å². The molecule has 0 radical (unpaired) electrons. The number of aryl methyl sites for hydroxylation is 1. The molecule has 0 aliphatic heterocycles. The van der Waals surface area contributed by atoms with Gasteiger partial charge < -0.3 is 9.13 Å². The highest BCUT2D eigenvalue weighted by Crippen LogP contribution is 2.55. The summed E-state index contributed by atoms with van der Waals surface area (Å²) in [5.41, 5.74) is 10.9. The molecule has 4 nitrogen and oxygen atoms in total. The van der Waals surface area contributed by atoms with Gasteiger partial charge in [0.1, 0.15) is 6.07 Å². The van der Waals surface area contributed by atoms with Crippen LogP contribution < -0.4 is 0 Å². The zero-order valence-corrected chi connectivity index (χ0v) is 39.9. The molecular formula is C63H34N4S3. The third-order valence-electron chi connectivity index (χ3n) is 14.4. The number of rotatable bonds is 4. The SMILES string of the molecule is [C-]#[N+]c1c(-c2ccccc2)c(-n2c3c(ccc4c5ccccc5sc43)c3ccc4c5ccccc5sc4c32)c(-c2ccccc2)c(C#N)c1-n1c2cc(C)ccc2c2ccc3c4ccccc4sc3c21. The van der Waals surface area contributed by atoms with Crippen LogP contribution in [-0.4, -0.2) is 9.13 Å². The van der Waals surface area contributed by atoms with Gasteiger partial charge in [0.05, 0.1) is 59.7 Å². The Balaban J connectivity index is 1.24. The van der Waals surface area contributed by atoms with E-state index in [1.165, 1.54) is 50.4 Å². The highest BCUT2D eigenvalue weighted by atomic mass is 32.1. The molecule has 0 saturated carbocycles. The summed E-state index contributed by atoms with van der Waals surface area (Å²) >= 11 is 5.40. The van der Waals surface area contributed by atoms with Gasteiger partial charge in [0.2, 0.25) is 5.69 Å². The maximum atomic E-state index is 12.3. The number of thiophene rings is 3. The number of nitriles is 1. The van der Waals surface area contributed by atoms with Crippen molar-refractivity contribution in [2.75, 3.05) is 0 Å². The lowest BCUT2D eigenvalue weighted by Crippen LogP contribution is -2.08. The van der Waals surface area contributed by atoms with Gasteiger partial charge in [-0.05, 0) is 47.9 Å². The van der Waals surface area contributed by atoms with Gasteiger partial charge in [-0.2, -0.15) is 5.26 Å². The van der Waals surface area contributed by atoms with E-state index in [-0.39, 0.29) is 0 Å². The maximum Gasteiger partial charge on any atom is 0.221 e. The number of nitrogens with zero attached hydrogens (tertiary/aromatic N) is 4. The zero-order valence-electron chi connectivity index (χ0n) is 37.4. The van der Waals surface area contributed by atoms with E-state index in [1.807, 2.05) is 34.8 Å². The molecule has 0 spiro atoms. The average Bonchev–Trinajstić information content (AvgIpc) is 4.23. The van der Waals surface area contributed by atoms with Crippen LogP contribution in [0.25, 0.3) is 143 Å². The first-order valence-corrected chi connectivity index (χ1v) is 25.7. The summed E-state index contributed by atoms with van der Waals surface area (Å²) in [6.45, 7) is 11.7. The minimum Gasteiger partial charge on any atom is -0.316 e. The molecule has 0 atom stereocenters. The lowest BCUT2D eigenvalue weighted by Gasteiger charge is -2.26. The standard InChI is InChI=1S/C63H34N4S3/c1-35-25-26-38-42-27-30-45-39-19-9-12-22-50(39)68-61(45)57(42)66(49(38)33-35)56-48(34-64)53(36-15-5-3-6-16-36)60(54(55(56)65-2)37-17-7-4-8-18-37)67-58-43(28-31-46-40-20-10-13-23-51(40)69-62(46)58)44-29-32-47-41-21-11-14-24-52(41)70-63(47)59(44)67/h3-33H,1H3. The Hall–Kier alpha value is -8.56. The number of benzene rings is 10. The fourth-order valence-electron chi connectivity index (χ4n) is 11.5. The van der Waals surface area contributed by atoms with Crippen molar-refractivity contribution in [3.05, 3.63) is 211 Å². The number of hydrogen-bond acceptors (Lipinski definition) is 4. The molecule has 0 bridgehead atoms. The first-order chi connectivity index (χ1) is 34.6. The Morgan fingerprint density at radius 2 is 0.843 bits per heavy atom. The monoisotopic (exact) mass is 942 g/mol. The molecule has 0 aliphatic carbocycles. The van der Waals surface area contributed by atoms with Crippen molar-refractivity contribution in [2.45, 2.75) is 6.92 Å². The largest absolute Gasteiger partial charge is 0.316 e. The second kappa shape index (κ2) is 14.7. The van der Waals surface area contributed by atoms with E-state index in [4.69, 9.17) is 4.85 Å². The van der Waals surface area contributed by atoms with Crippen molar-refractivity contribution in [3.63, 3.8) is 0 Å². The van der Waals surface area contributed by atoms with Crippen LogP contribution in [0, 0.1) is 24.8 Å². The number of aromatic nitrogens is 2. The minimum absolute atomic E-state index is 0.429. The minimum atomic E-state index is 0.429. The number of fused-ring (bicyclic) bond motifs is 18. The van der Waals surface area contributed by atoms with Crippen LogP contribution >= 0.6 is 34.0 Å². The van der Waals surface area contributed by atoms with Crippen LogP contribution in [0.5, 0.6) is 0 Å². The second-order valence-corrected chi connectivity index (χ2v) is 21.3. The van der Waals surface area contributed by atoms with Crippen LogP contribution in [-0.2, 0) is 0 Å². The molecule has 15 rings (SSSR count). The average molecular weight is 943 g/mol. The molecule has 0 fully saturated rings. The highest BCUT2D eigenvalue weighted by molar-refractivity contribution is 7.27. The van der Waals surface area contributed by atoms with Crippen LogP contribution in [0.1, 0.15) is 11.1 Å². The van der Waals surface area contributed by atoms with Gasteiger partial charge in [0.15, 0.2) is 0 Å². The van der Waals surface area contributed by atoms with Crippen molar-refractivity contribution in [2.24, 2.45) is 0 Å². The lowest BCUT2D eigenvalue weighted by molar-refractivity contribution is 1.15. The molecule has 0 amide bonds.